The van der Waals surface area contributed by atoms with Gasteiger partial charge in [0.1, 0.15) is 6.04 Å². The van der Waals surface area contributed by atoms with Gasteiger partial charge in [-0.05, 0) is 48.6 Å². The minimum absolute atomic E-state index is 0.0203. The van der Waals surface area contributed by atoms with Gasteiger partial charge in [-0.2, -0.15) is 0 Å². The minimum atomic E-state index is -3.58. The molecule has 2 N–H and O–H groups in total. The molecule has 0 heterocycles. The van der Waals surface area contributed by atoms with E-state index in [9.17, 15) is 13.2 Å². The first-order valence-electron chi connectivity index (χ1n) is 8.06. The predicted octanol–water partition coefficient (Wildman–Crippen LogP) is 2.21. The molecule has 6 heteroatoms. The molecule has 2 rings (SSSR count). The fourth-order valence-electron chi connectivity index (χ4n) is 3.12. The van der Waals surface area contributed by atoms with Crippen LogP contribution in [-0.4, -0.2) is 31.3 Å². The number of rotatable bonds is 8. The maximum Gasteiger partial charge on any atom is 0.321 e. The average molecular weight is 339 g/mol. The highest BCUT2D eigenvalue weighted by Gasteiger charge is 2.27. The van der Waals surface area contributed by atoms with Gasteiger partial charge in [-0.25, -0.2) is 13.1 Å². The van der Waals surface area contributed by atoms with Crippen molar-refractivity contribution in [2.45, 2.75) is 45.6 Å². The van der Waals surface area contributed by atoms with Crippen molar-refractivity contribution in [3.8, 4) is 0 Å². The number of hydrogen-bond acceptors (Lipinski definition) is 3. The summed E-state index contributed by atoms with van der Waals surface area (Å²) in [6.07, 6.45) is 2.65. The molecule has 128 valence electrons. The average Bonchev–Trinajstić information content (AvgIpc) is 2.86. The lowest BCUT2D eigenvalue weighted by atomic mass is 10.0. The molecule has 0 aliphatic heterocycles. The van der Waals surface area contributed by atoms with E-state index in [1.54, 1.807) is 0 Å². The van der Waals surface area contributed by atoms with Crippen LogP contribution in [0.1, 0.15) is 37.8 Å². The molecule has 1 aliphatic carbocycles. The maximum atomic E-state index is 12.2. The molecular weight excluding hydrogens is 314 g/mol. The van der Waals surface area contributed by atoms with E-state index in [-0.39, 0.29) is 11.7 Å². The lowest BCUT2D eigenvalue weighted by Gasteiger charge is -2.17. The molecule has 0 saturated heterocycles. The number of carboxylic acid groups (broad SMARTS) is 1. The van der Waals surface area contributed by atoms with Crippen molar-refractivity contribution in [3.05, 3.63) is 35.4 Å². The van der Waals surface area contributed by atoms with Crippen LogP contribution in [0.5, 0.6) is 0 Å². The lowest BCUT2D eigenvalue weighted by molar-refractivity contribution is -0.139. The SMILES string of the molecule is CC(C)CC(NS(=O)(=O)CCC1Cc2ccccc2C1)C(=O)O. The Bertz CT molecular complexity index is 629. The fraction of sp³-hybridized carbons (Fsp3) is 0.588. The molecule has 5 nitrogen and oxygen atoms in total. The quantitative estimate of drug-likeness (QED) is 0.760. The number of hydrogen-bond donors (Lipinski definition) is 2. The predicted molar refractivity (Wildman–Crippen MR) is 89.8 cm³/mol. The van der Waals surface area contributed by atoms with Gasteiger partial charge in [0.15, 0.2) is 0 Å². The van der Waals surface area contributed by atoms with E-state index in [2.05, 4.69) is 16.9 Å². The summed E-state index contributed by atoms with van der Waals surface area (Å²) < 4.78 is 26.7. The molecule has 0 saturated carbocycles. The van der Waals surface area contributed by atoms with E-state index in [1.807, 2.05) is 26.0 Å². The second-order valence-electron chi connectivity index (χ2n) is 6.79. The molecule has 0 radical (unpaired) electrons. The summed E-state index contributed by atoms with van der Waals surface area (Å²) >= 11 is 0. The molecule has 1 aromatic carbocycles. The van der Waals surface area contributed by atoms with Crippen LogP contribution in [0.25, 0.3) is 0 Å². The van der Waals surface area contributed by atoms with Gasteiger partial charge >= 0.3 is 5.97 Å². The zero-order chi connectivity index (χ0) is 17.0. The van der Waals surface area contributed by atoms with Crippen molar-refractivity contribution >= 4 is 16.0 Å². The Morgan fingerprint density at radius 2 is 1.83 bits per heavy atom. The molecule has 0 fully saturated rings. The molecule has 1 aliphatic rings. The Kier molecular flexibility index (Phi) is 5.81. The molecule has 23 heavy (non-hydrogen) atoms. The number of carboxylic acids is 1. The van der Waals surface area contributed by atoms with Crippen molar-refractivity contribution in [1.82, 2.24) is 4.72 Å². The van der Waals surface area contributed by atoms with Gasteiger partial charge in [-0.3, -0.25) is 4.79 Å². The van der Waals surface area contributed by atoms with Crippen LogP contribution < -0.4 is 4.72 Å². The van der Waals surface area contributed by atoms with Crippen molar-refractivity contribution in [2.75, 3.05) is 5.75 Å². The maximum absolute atomic E-state index is 12.2. The van der Waals surface area contributed by atoms with Gasteiger partial charge in [-0.1, -0.05) is 38.1 Å². The first-order valence-corrected chi connectivity index (χ1v) is 9.71. The first-order chi connectivity index (χ1) is 10.8. The van der Waals surface area contributed by atoms with Crippen molar-refractivity contribution < 1.29 is 18.3 Å². The van der Waals surface area contributed by atoms with Crippen molar-refractivity contribution in [1.29, 1.82) is 0 Å². The van der Waals surface area contributed by atoms with Crippen LogP contribution in [0.15, 0.2) is 24.3 Å². The first kappa shape index (κ1) is 17.9. The van der Waals surface area contributed by atoms with Crippen molar-refractivity contribution in [2.24, 2.45) is 11.8 Å². The summed E-state index contributed by atoms with van der Waals surface area (Å²) in [5.74, 6) is -0.705. The summed E-state index contributed by atoms with van der Waals surface area (Å²) in [7, 11) is -3.58. The lowest BCUT2D eigenvalue weighted by Crippen LogP contribution is -2.42. The Balaban J connectivity index is 1.88. The Labute approximate surface area is 138 Å². The van der Waals surface area contributed by atoms with Crippen LogP contribution in [0.4, 0.5) is 0 Å². The Morgan fingerprint density at radius 1 is 1.26 bits per heavy atom. The number of benzene rings is 1. The van der Waals surface area contributed by atoms with Gasteiger partial charge in [0.05, 0.1) is 5.75 Å². The number of sulfonamides is 1. The van der Waals surface area contributed by atoms with E-state index in [0.717, 1.165) is 12.8 Å². The normalized spacial score (nSPS) is 16.5. The van der Waals surface area contributed by atoms with Gasteiger partial charge in [0.25, 0.3) is 0 Å². The van der Waals surface area contributed by atoms with E-state index >= 15 is 0 Å². The number of aliphatic carboxylic acids is 1. The van der Waals surface area contributed by atoms with E-state index in [1.165, 1.54) is 11.1 Å². The monoisotopic (exact) mass is 339 g/mol. The third kappa shape index (κ3) is 5.32. The van der Waals surface area contributed by atoms with Gasteiger partial charge in [0.2, 0.25) is 10.0 Å². The van der Waals surface area contributed by atoms with Crippen LogP contribution in [-0.2, 0) is 27.7 Å². The van der Waals surface area contributed by atoms with E-state index in [0.29, 0.717) is 18.8 Å². The highest BCUT2D eigenvalue weighted by molar-refractivity contribution is 7.89. The standard InChI is InChI=1S/C17H25NO4S/c1-12(2)9-16(17(19)20)18-23(21,22)8-7-13-10-14-5-3-4-6-15(14)11-13/h3-6,12-13,16,18H,7-11H2,1-2H3,(H,19,20). The Morgan fingerprint density at radius 3 is 2.30 bits per heavy atom. The summed E-state index contributed by atoms with van der Waals surface area (Å²) in [4.78, 5) is 11.2. The zero-order valence-electron chi connectivity index (χ0n) is 13.7. The van der Waals surface area contributed by atoms with E-state index < -0.39 is 22.0 Å². The summed E-state index contributed by atoms with van der Waals surface area (Å²) in [6.45, 7) is 3.75. The second kappa shape index (κ2) is 7.45. The highest BCUT2D eigenvalue weighted by atomic mass is 32.2. The molecule has 1 aromatic rings. The number of carbonyl (C=O) groups is 1. The summed E-state index contributed by atoms with van der Waals surface area (Å²) in [5.41, 5.74) is 2.59. The fourth-order valence-corrected chi connectivity index (χ4v) is 4.51. The second-order valence-corrected chi connectivity index (χ2v) is 8.66. The van der Waals surface area contributed by atoms with Gasteiger partial charge in [-0.15, -0.1) is 0 Å². The highest BCUT2D eigenvalue weighted by Crippen LogP contribution is 2.28. The third-order valence-electron chi connectivity index (χ3n) is 4.26. The molecule has 1 atom stereocenters. The summed E-state index contributed by atoms with van der Waals surface area (Å²) in [5, 5.41) is 9.16. The molecule has 0 amide bonds. The molecule has 0 spiro atoms. The Hall–Kier alpha value is -1.40. The third-order valence-corrected chi connectivity index (χ3v) is 5.67. The van der Waals surface area contributed by atoms with Crippen LogP contribution >= 0.6 is 0 Å². The van der Waals surface area contributed by atoms with E-state index in [4.69, 9.17) is 5.11 Å². The largest absolute Gasteiger partial charge is 0.480 e. The topological polar surface area (TPSA) is 83.5 Å². The van der Waals surface area contributed by atoms with Crippen LogP contribution in [0.3, 0.4) is 0 Å². The minimum Gasteiger partial charge on any atom is -0.480 e. The van der Waals surface area contributed by atoms with Gasteiger partial charge in [0, 0.05) is 0 Å². The van der Waals surface area contributed by atoms with Crippen LogP contribution in [0, 0.1) is 11.8 Å². The summed E-state index contributed by atoms with van der Waals surface area (Å²) in [6, 6.07) is 7.14. The number of nitrogens with one attached hydrogen (secondary N) is 1. The van der Waals surface area contributed by atoms with Crippen molar-refractivity contribution in [3.63, 3.8) is 0 Å². The molecule has 0 bridgehead atoms. The molecule has 0 aromatic heterocycles. The zero-order valence-corrected chi connectivity index (χ0v) is 14.5. The smallest absolute Gasteiger partial charge is 0.321 e. The number of fused-ring (bicyclic) bond motifs is 1. The molecular formula is C17H25NO4S. The van der Waals surface area contributed by atoms with Crippen LogP contribution in [0.2, 0.25) is 0 Å². The van der Waals surface area contributed by atoms with Gasteiger partial charge < -0.3 is 5.11 Å². The molecule has 1 unspecified atom stereocenters.